The van der Waals surface area contributed by atoms with E-state index in [9.17, 15) is 4.79 Å². The lowest BCUT2D eigenvalue weighted by molar-refractivity contribution is -0.116. The van der Waals surface area contributed by atoms with E-state index < -0.39 is 0 Å². The second kappa shape index (κ2) is 5.30. The van der Waals surface area contributed by atoms with Gasteiger partial charge in [0.05, 0.1) is 5.69 Å². The number of halogens is 1. The van der Waals surface area contributed by atoms with Crippen LogP contribution in [0.4, 0.5) is 5.82 Å². The van der Waals surface area contributed by atoms with Crippen molar-refractivity contribution in [3.63, 3.8) is 0 Å². The number of aryl methyl sites for hydroxylation is 3. The highest BCUT2D eigenvalue weighted by molar-refractivity contribution is 9.10. The van der Waals surface area contributed by atoms with Crippen molar-refractivity contribution in [3.8, 4) is 0 Å². The van der Waals surface area contributed by atoms with Crippen LogP contribution in [0.5, 0.6) is 0 Å². The van der Waals surface area contributed by atoms with E-state index in [1.54, 1.807) is 4.68 Å². The molecule has 110 valence electrons. The van der Waals surface area contributed by atoms with E-state index in [-0.39, 0.29) is 11.8 Å². The van der Waals surface area contributed by atoms with Crippen LogP contribution in [0.1, 0.15) is 41.1 Å². The lowest BCUT2D eigenvalue weighted by Crippen LogP contribution is -2.12. The molecular formula is C16H18BrN3O. The van der Waals surface area contributed by atoms with Gasteiger partial charge < -0.3 is 5.32 Å². The fraction of sp³-hybridized carbons (Fsp3) is 0.375. The summed E-state index contributed by atoms with van der Waals surface area (Å²) in [6.45, 7) is 4.13. The minimum atomic E-state index is 0.0662. The highest BCUT2D eigenvalue weighted by atomic mass is 79.9. The Morgan fingerprint density at radius 3 is 2.86 bits per heavy atom. The number of benzene rings is 1. The predicted octanol–water partition coefficient (Wildman–Crippen LogP) is 3.66. The Balaban J connectivity index is 2.17. The van der Waals surface area contributed by atoms with Gasteiger partial charge in [0.25, 0.3) is 0 Å². The molecule has 3 rings (SSSR count). The molecular weight excluding hydrogens is 330 g/mol. The number of carbonyl (C=O) groups is 1. The standard InChI is InChI=1S/C16H18BrN3O/c1-9-8-11(17)4-5-12(9)13-6-7-14(21)18-16-15(13)10(2)19-20(16)3/h4-5,8,13H,6-7H2,1-3H3,(H,18,21). The van der Waals surface area contributed by atoms with Crippen LogP contribution in [0.25, 0.3) is 0 Å². The number of carbonyl (C=O) groups excluding carboxylic acids is 1. The molecule has 0 bridgehead atoms. The molecule has 1 N–H and O–H groups in total. The number of hydrogen-bond acceptors (Lipinski definition) is 2. The van der Waals surface area contributed by atoms with Crippen LogP contribution in [0.15, 0.2) is 22.7 Å². The summed E-state index contributed by atoms with van der Waals surface area (Å²) < 4.78 is 2.85. The first-order valence-electron chi connectivity index (χ1n) is 7.06. The number of aromatic nitrogens is 2. The predicted molar refractivity (Wildman–Crippen MR) is 86.5 cm³/mol. The minimum Gasteiger partial charge on any atom is -0.311 e. The molecule has 1 aliphatic rings. The van der Waals surface area contributed by atoms with Crippen molar-refractivity contribution in [3.05, 3.63) is 45.1 Å². The number of amides is 1. The van der Waals surface area contributed by atoms with E-state index in [4.69, 9.17) is 0 Å². The SMILES string of the molecule is Cc1cc(Br)ccc1C1CCC(=O)Nc2c1c(C)nn2C. The molecule has 1 aromatic carbocycles. The quantitative estimate of drug-likeness (QED) is 0.855. The third-order valence-electron chi connectivity index (χ3n) is 4.14. The molecule has 0 aliphatic carbocycles. The molecule has 0 radical (unpaired) electrons. The van der Waals surface area contributed by atoms with Crippen LogP contribution in [-0.2, 0) is 11.8 Å². The second-order valence-electron chi connectivity index (χ2n) is 5.61. The maximum Gasteiger partial charge on any atom is 0.225 e. The first-order chi connectivity index (χ1) is 9.97. The summed E-state index contributed by atoms with van der Waals surface area (Å²) in [6.07, 6.45) is 1.35. The molecule has 1 unspecified atom stereocenters. The monoisotopic (exact) mass is 347 g/mol. The zero-order valence-corrected chi connectivity index (χ0v) is 14.0. The number of rotatable bonds is 1. The van der Waals surface area contributed by atoms with E-state index >= 15 is 0 Å². The second-order valence-corrected chi connectivity index (χ2v) is 6.53. The lowest BCUT2D eigenvalue weighted by atomic mass is 9.85. The van der Waals surface area contributed by atoms with Gasteiger partial charge in [-0.2, -0.15) is 5.10 Å². The minimum absolute atomic E-state index is 0.0662. The average molecular weight is 348 g/mol. The molecule has 0 spiro atoms. The topological polar surface area (TPSA) is 46.9 Å². The number of nitrogens with zero attached hydrogens (tertiary/aromatic N) is 2. The highest BCUT2D eigenvalue weighted by Gasteiger charge is 2.29. The fourth-order valence-corrected chi connectivity index (χ4v) is 3.67. The number of nitrogens with one attached hydrogen (secondary N) is 1. The summed E-state index contributed by atoms with van der Waals surface area (Å²) in [6, 6.07) is 6.34. The van der Waals surface area contributed by atoms with Crippen molar-refractivity contribution in [1.82, 2.24) is 9.78 Å². The summed E-state index contributed by atoms with van der Waals surface area (Å²) >= 11 is 3.51. The van der Waals surface area contributed by atoms with E-state index in [0.717, 1.165) is 28.0 Å². The van der Waals surface area contributed by atoms with Crippen LogP contribution in [0, 0.1) is 13.8 Å². The van der Waals surface area contributed by atoms with E-state index in [1.165, 1.54) is 11.1 Å². The average Bonchev–Trinajstić information content (AvgIpc) is 2.59. The zero-order chi connectivity index (χ0) is 15.1. The van der Waals surface area contributed by atoms with Crippen molar-refractivity contribution in [2.24, 2.45) is 7.05 Å². The van der Waals surface area contributed by atoms with Crippen LogP contribution in [0.3, 0.4) is 0 Å². The summed E-state index contributed by atoms with van der Waals surface area (Å²) in [5.41, 5.74) is 4.64. The van der Waals surface area contributed by atoms with Crippen molar-refractivity contribution < 1.29 is 4.79 Å². The van der Waals surface area contributed by atoms with Crippen LogP contribution in [0.2, 0.25) is 0 Å². The van der Waals surface area contributed by atoms with Crippen molar-refractivity contribution in [2.75, 3.05) is 5.32 Å². The van der Waals surface area contributed by atoms with Gasteiger partial charge >= 0.3 is 0 Å². The van der Waals surface area contributed by atoms with Crippen molar-refractivity contribution in [1.29, 1.82) is 0 Å². The molecule has 2 heterocycles. The van der Waals surface area contributed by atoms with Gasteiger partial charge in [0.15, 0.2) is 0 Å². The summed E-state index contributed by atoms with van der Waals surface area (Å²) in [7, 11) is 1.88. The van der Waals surface area contributed by atoms with Crippen molar-refractivity contribution in [2.45, 2.75) is 32.6 Å². The number of anilines is 1. The van der Waals surface area contributed by atoms with Crippen molar-refractivity contribution >= 4 is 27.7 Å². The molecule has 5 heteroatoms. The Morgan fingerprint density at radius 2 is 2.14 bits per heavy atom. The van der Waals surface area contributed by atoms with E-state index in [2.05, 4.69) is 51.5 Å². The van der Waals surface area contributed by atoms with Gasteiger partial charge in [-0.3, -0.25) is 9.48 Å². The molecule has 21 heavy (non-hydrogen) atoms. The van der Waals surface area contributed by atoms with Gasteiger partial charge in [-0.25, -0.2) is 0 Å². The fourth-order valence-electron chi connectivity index (χ4n) is 3.20. The first kappa shape index (κ1) is 14.3. The maximum absolute atomic E-state index is 12.0. The highest BCUT2D eigenvalue weighted by Crippen LogP contribution is 2.39. The smallest absolute Gasteiger partial charge is 0.225 e. The van der Waals surface area contributed by atoms with Gasteiger partial charge in [0.2, 0.25) is 5.91 Å². The molecule has 2 aromatic rings. The number of fused-ring (bicyclic) bond motifs is 1. The van der Waals surface area contributed by atoms with Crippen LogP contribution < -0.4 is 5.32 Å². The molecule has 1 amide bonds. The van der Waals surface area contributed by atoms with Gasteiger partial charge in [-0.1, -0.05) is 22.0 Å². The molecule has 0 saturated carbocycles. The largest absolute Gasteiger partial charge is 0.311 e. The Labute approximate surface area is 132 Å². The Hall–Kier alpha value is -1.62. The third-order valence-corrected chi connectivity index (χ3v) is 4.64. The van der Waals surface area contributed by atoms with Gasteiger partial charge in [-0.05, 0) is 43.5 Å². The lowest BCUT2D eigenvalue weighted by Gasteiger charge is -2.18. The summed E-state index contributed by atoms with van der Waals surface area (Å²) in [4.78, 5) is 12.0. The van der Waals surface area contributed by atoms with Gasteiger partial charge in [0.1, 0.15) is 5.82 Å². The third kappa shape index (κ3) is 2.50. The molecule has 1 aliphatic heterocycles. The zero-order valence-electron chi connectivity index (χ0n) is 12.4. The molecule has 1 atom stereocenters. The van der Waals surface area contributed by atoms with Gasteiger partial charge in [-0.15, -0.1) is 0 Å². The summed E-state index contributed by atoms with van der Waals surface area (Å²) in [5, 5.41) is 7.48. The normalized spacial score (nSPS) is 18.1. The van der Waals surface area contributed by atoms with Crippen LogP contribution >= 0.6 is 15.9 Å². The number of hydrogen-bond donors (Lipinski definition) is 1. The first-order valence-corrected chi connectivity index (χ1v) is 7.86. The molecule has 0 saturated heterocycles. The molecule has 0 fully saturated rings. The maximum atomic E-state index is 12.0. The van der Waals surface area contributed by atoms with E-state index in [0.29, 0.717) is 6.42 Å². The van der Waals surface area contributed by atoms with Gasteiger partial charge in [0, 0.05) is 29.4 Å². The van der Waals surface area contributed by atoms with E-state index in [1.807, 2.05) is 14.0 Å². The Morgan fingerprint density at radius 1 is 1.38 bits per heavy atom. The summed E-state index contributed by atoms with van der Waals surface area (Å²) in [5.74, 6) is 1.11. The van der Waals surface area contributed by atoms with Crippen LogP contribution in [-0.4, -0.2) is 15.7 Å². The Bertz CT molecular complexity index is 721. The molecule has 4 nitrogen and oxygen atoms in total. The Kier molecular flexibility index (Phi) is 3.61. The molecule has 1 aromatic heterocycles.